The van der Waals surface area contributed by atoms with Gasteiger partial charge >= 0.3 is 0 Å². The minimum Gasteiger partial charge on any atom is -0.299 e. The molecule has 0 heterocycles. The molecule has 5 rings (SSSR count). The minimum absolute atomic E-state index is 0.0643. The molecule has 0 radical (unpaired) electrons. The van der Waals surface area contributed by atoms with Crippen molar-refractivity contribution in [3.05, 3.63) is 71.8 Å². The van der Waals surface area contributed by atoms with Gasteiger partial charge in [-0.2, -0.15) is 0 Å². The van der Waals surface area contributed by atoms with Crippen LogP contribution in [-0.4, -0.2) is 5.78 Å². The van der Waals surface area contributed by atoms with Crippen molar-refractivity contribution >= 4 is 5.78 Å². The molecule has 5 atom stereocenters. The average Bonchev–Trinajstić information content (AvgIpc) is 3.13. The van der Waals surface area contributed by atoms with Gasteiger partial charge in [0, 0.05) is 17.8 Å². The highest BCUT2D eigenvalue weighted by atomic mass is 16.1. The smallest absolute Gasteiger partial charge is 0.137 e. The van der Waals surface area contributed by atoms with E-state index in [0.29, 0.717) is 23.5 Å². The van der Waals surface area contributed by atoms with E-state index in [1.165, 1.54) is 11.1 Å². The van der Waals surface area contributed by atoms with Crippen molar-refractivity contribution in [2.24, 2.45) is 23.2 Å². The zero-order chi connectivity index (χ0) is 15.8. The van der Waals surface area contributed by atoms with Gasteiger partial charge in [-0.1, -0.05) is 74.5 Å². The average molecular weight is 302 g/mol. The Kier molecular flexibility index (Phi) is 2.44. The number of fused-ring (bicyclic) bond motifs is 1. The van der Waals surface area contributed by atoms with Gasteiger partial charge in [0.15, 0.2) is 0 Å². The number of hydrogen-bond acceptors (Lipinski definition) is 1. The highest BCUT2D eigenvalue weighted by Crippen LogP contribution is 2.85. The van der Waals surface area contributed by atoms with Gasteiger partial charge in [0.1, 0.15) is 5.78 Å². The summed E-state index contributed by atoms with van der Waals surface area (Å²) in [6, 6.07) is 21.7. The summed E-state index contributed by atoms with van der Waals surface area (Å²) in [6.07, 6.45) is 0.785. The van der Waals surface area contributed by atoms with Crippen LogP contribution in [-0.2, 0) is 10.2 Å². The van der Waals surface area contributed by atoms with Crippen LogP contribution < -0.4 is 0 Å². The van der Waals surface area contributed by atoms with Gasteiger partial charge < -0.3 is 0 Å². The molecule has 1 heteroatoms. The summed E-state index contributed by atoms with van der Waals surface area (Å²) in [5, 5.41) is 0. The first kappa shape index (κ1) is 13.5. The second-order valence-corrected chi connectivity index (χ2v) is 8.18. The van der Waals surface area contributed by atoms with Gasteiger partial charge in [0.25, 0.3) is 0 Å². The highest BCUT2D eigenvalue weighted by Gasteiger charge is 2.85. The van der Waals surface area contributed by atoms with Gasteiger partial charge in [-0.3, -0.25) is 4.79 Å². The lowest BCUT2D eigenvalue weighted by molar-refractivity contribution is -0.119. The van der Waals surface area contributed by atoms with Gasteiger partial charge in [-0.25, -0.2) is 0 Å². The van der Waals surface area contributed by atoms with E-state index in [1.807, 2.05) is 0 Å². The molecule has 1 nitrogen and oxygen atoms in total. The third kappa shape index (κ3) is 1.38. The van der Waals surface area contributed by atoms with Crippen LogP contribution in [0.4, 0.5) is 0 Å². The minimum atomic E-state index is 0.0643. The standard InChI is InChI=1S/C22H22O/c1-21(2)18(14-9-5-3-6-10-14)16-13-17(23)20-19(16)22(20,21)15-11-7-4-8-12-15/h3-12,16,18-20H,13H2,1-2H3/t16-,18+,19+,20+,22+/m0/s1. The summed E-state index contributed by atoms with van der Waals surface area (Å²) >= 11 is 0. The topological polar surface area (TPSA) is 17.1 Å². The Morgan fingerprint density at radius 2 is 1.48 bits per heavy atom. The number of ketones is 1. The van der Waals surface area contributed by atoms with Gasteiger partial charge in [0.05, 0.1) is 0 Å². The number of Topliss-reactive ketones (excluding diaryl/α,β-unsaturated/α-hetero) is 1. The normalized spacial score (nSPS) is 39.3. The second-order valence-electron chi connectivity index (χ2n) is 8.18. The van der Waals surface area contributed by atoms with Gasteiger partial charge in [-0.05, 0) is 34.3 Å². The van der Waals surface area contributed by atoms with E-state index in [0.717, 1.165) is 6.42 Å². The number of rotatable bonds is 2. The molecule has 23 heavy (non-hydrogen) atoms. The van der Waals surface area contributed by atoms with E-state index in [9.17, 15) is 4.79 Å². The van der Waals surface area contributed by atoms with E-state index in [2.05, 4.69) is 74.5 Å². The molecule has 0 amide bonds. The van der Waals surface area contributed by atoms with Crippen LogP contribution >= 0.6 is 0 Å². The van der Waals surface area contributed by atoms with Crippen molar-refractivity contribution in [2.45, 2.75) is 31.6 Å². The Balaban J connectivity index is 1.71. The van der Waals surface area contributed by atoms with E-state index < -0.39 is 0 Å². The van der Waals surface area contributed by atoms with Crippen LogP contribution in [0.5, 0.6) is 0 Å². The SMILES string of the molecule is CC1(C)[C@H](c2ccccc2)[C@@H]2CC(=O)[C@@H]3[C@@H]2[C@]31c1ccccc1. The quantitative estimate of drug-likeness (QED) is 0.793. The first-order chi connectivity index (χ1) is 11.1. The molecule has 3 fully saturated rings. The Bertz CT molecular complexity index is 776. The lowest BCUT2D eigenvalue weighted by Crippen LogP contribution is -2.34. The van der Waals surface area contributed by atoms with E-state index in [4.69, 9.17) is 0 Å². The summed E-state index contributed by atoms with van der Waals surface area (Å²) in [6.45, 7) is 4.81. The molecule has 2 aromatic carbocycles. The first-order valence-corrected chi connectivity index (χ1v) is 8.73. The van der Waals surface area contributed by atoms with Crippen LogP contribution in [0.2, 0.25) is 0 Å². The highest BCUT2D eigenvalue weighted by molar-refractivity contribution is 5.92. The summed E-state index contributed by atoms with van der Waals surface area (Å²) < 4.78 is 0. The number of hydrogen-bond donors (Lipinski definition) is 0. The summed E-state index contributed by atoms with van der Waals surface area (Å²) in [7, 11) is 0. The van der Waals surface area contributed by atoms with E-state index >= 15 is 0 Å². The molecule has 0 spiro atoms. The molecule has 0 saturated heterocycles. The first-order valence-electron chi connectivity index (χ1n) is 8.73. The van der Waals surface area contributed by atoms with Crippen molar-refractivity contribution in [3.63, 3.8) is 0 Å². The predicted octanol–water partition coefficient (Wildman–Crippen LogP) is 4.58. The maximum Gasteiger partial charge on any atom is 0.137 e. The molecule has 116 valence electrons. The molecule has 0 unspecified atom stereocenters. The molecule has 3 aliphatic rings. The van der Waals surface area contributed by atoms with Crippen LogP contribution in [0.3, 0.4) is 0 Å². The van der Waals surface area contributed by atoms with E-state index in [1.54, 1.807) is 0 Å². The maximum absolute atomic E-state index is 12.7. The van der Waals surface area contributed by atoms with Gasteiger partial charge in [0.2, 0.25) is 0 Å². The number of benzene rings is 2. The van der Waals surface area contributed by atoms with Crippen molar-refractivity contribution < 1.29 is 4.79 Å². The van der Waals surface area contributed by atoms with Crippen molar-refractivity contribution in [3.8, 4) is 0 Å². The molecular weight excluding hydrogens is 280 g/mol. The summed E-state index contributed by atoms with van der Waals surface area (Å²) in [5.41, 5.74) is 2.98. The Labute approximate surface area is 137 Å². The van der Waals surface area contributed by atoms with Crippen molar-refractivity contribution in [1.29, 1.82) is 0 Å². The largest absolute Gasteiger partial charge is 0.299 e. The Hall–Kier alpha value is -1.89. The van der Waals surface area contributed by atoms with Gasteiger partial charge in [-0.15, -0.1) is 0 Å². The fourth-order valence-electron chi connectivity index (χ4n) is 6.67. The fraction of sp³-hybridized carbons (Fsp3) is 0.409. The molecule has 0 N–H and O–H groups in total. The van der Waals surface area contributed by atoms with Crippen LogP contribution in [0.15, 0.2) is 60.7 Å². The Morgan fingerprint density at radius 1 is 0.870 bits per heavy atom. The van der Waals surface area contributed by atoms with Crippen molar-refractivity contribution in [1.82, 2.24) is 0 Å². The monoisotopic (exact) mass is 302 g/mol. The molecule has 0 aromatic heterocycles. The molecular formula is C22H22O. The van der Waals surface area contributed by atoms with Crippen LogP contribution in [0.25, 0.3) is 0 Å². The fourth-order valence-corrected chi connectivity index (χ4v) is 6.67. The maximum atomic E-state index is 12.7. The third-order valence-electron chi connectivity index (χ3n) is 7.19. The number of carbonyl (C=O) groups is 1. The van der Waals surface area contributed by atoms with Crippen LogP contribution in [0.1, 0.15) is 37.3 Å². The van der Waals surface area contributed by atoms with Crippen LogP contribution in [0, 0.1) is 23.2 Å². The third-order valence-corrected chi connectivity index (χ3v) is 7.19. The zero-order valence-corrected chi connectivity index (χ0v) is 13.7. The molecule has 3 aliphatic carbocycles. The second kappa shape index (κ2) is 4.14. The molecule has 0 aliphatic heterocycles. The zero-order valence-electron chi connectivity index (χ0n) is 13.7. The molecule has 2 aromatic rings. The summed E-state index contributed by atoms with van der Waals surface area (Å²) in [5.74, 6) is 2.33. The van der Waals surface area contributed by atoms with Crippen molar-refractivity contribution in [2.75, 3.05) is 0 Å². The number of carbonyl (C=O) groups excluding carboxylic acids is 1. The molecule has 3 saturated carbocycles. The predicted molar refractivity (Wildman–Crippen MR) is 91.2 cm³/mol. The van der Waals surface area contributed by atoms with E-state index in [-0.39, 0.29) is 16.7 Å². The molecule has 0 bridgehead atoms. The lowest BCUT2D eigenvalue weighted by Gasteiger charge is -2.39. The summed E-state index contributed by atoms with van der Waals surface area (Å²) in [4.78, 5) is 12.7. The lowest BCUT2D eigenvalue weighted by atomic mass is 9.64. The Morgan fingerprint density at radius 3 is 2.13 bits per heavy atom.